The molecule has 0 saturated heterocycles. The van der Waals surface area contributed by atoms with E-state index in [4.69, 9.17) is 9.73 Å². The van der Waals surface area contributed by atoms with Gasteiger partial charge in [-0.15, -0.1) is 11.3 Å². The van der Waals surface area contributed by atoms with Gasteiger partial charge in [-0.05, 0) is 43.2 Å². The van der Waals surface area contributed by atoms with Crippen molar-refractivity contribution >= 4 is 45.0 Å². The highest BCUT2D eigenvalue weighted by Crippen LogP contribution is 2.41. The molecule has 1 fully saturated rings. The van der Waals surface area contributed by atoms with E-state index >= 15 is 0 Å². The second-order valence-electron chi connectivity index (χ2n) is 7.57. The van der Waals surface area contributed by atoms with Crippen LogP contribution in [0.3, 0.4) is 0 Å². The Hall–Kier alpha value is -2.52. The lowest BCUT2D eigenvalue weighted by atomic mass is 9.78. The number of aliphatic imine (C=N–C) groups is 1. The first-order valence-electron chi connectivity index (χ1n) is 10.0. The van der Waals surface area contributed by atoms with Gasteiger partial charge in [0.2, 0.25) is 0 Å². The number of nitrogens with zero attached hydrogens (tertiary/aromatic N) is 2. The van der Waals surface area contributed by atoms with E-state index in [1.807, 2.05) is 29.6 Å². The molecule has 1 saturated carbocycles. The number of benzene rings is 1. The van der Waals surface area contributed by atoms with Crippen LogP contribution in [-0.4, -0.2) is 35.0 Å². The lowest BCUT2D eigenvalue weighted by molar-refractivity contribution is -0.146. The molecule has 2 N–H and O–H groups in total. The molecule has 1 aromatic heterocycles. The van der Waals surface area contributed by atoms with Crippen molar-refractivity contribution in [2.45, 2.75) is 31.7 Å². The lowest BCUT2D eigenvalue weighted by Gasteiger charge is -2.34. The fourth-order valence-corrected chi connectivity index (χ4v) is 5.37. The minimum absolute atomic E-state index is 0.0116. The van der Waals surface area contributed by atoms with Gasteiger partial charge in [-0.3, -0.25) is 9.79 Å². The molecule has 31 heavy (non-hydrogen) atoms. The third-order valence-electron chi connectivity index (χ3n) is 5.81. The number of allylic oxidation sites excluding steroid dienone is 1. The number of ether oxygens (including phenoxy) is 1. The number of nitrogens with one attached hydrogen (secondary N) is 1. The summed E-state index contributed by atoms with van der Waals surface area (Å²) in [6, 6.07) is 6.87. The molecule has 162 valence electrons. The summed E-state index contributed by atoms with van der Waals surface area (Å²) in [6.45, 7) is 0. The molecule has 2 heterocycles. The minimum atomic E-state index is -1.000. The van der Waals surface area contributed by atoms with Crippen LogP contribution in [0.1, 0.15) is 42.3 Å². The molecule has 0 amide bonds. The van der Waals surface area contributed by atoms with Crippen molar-refractivity contribution in [1.82, 2.24) is 10.3 Å². The summed E-state index contributed by atoms with van der Waals surface area (Å²) in [5.74, 6) is -0.767. The van der Waals surface area contributed by atoms with E-state index in [1.54, 1.807) is 6.20 Å². The Morgan fingerprint density at radius 1 is 1.23 bits per heavy atom. The molecule has 9 heteroatoms. The molecule has 1 unspecified atom stereocenters. The number of esters is 1. The van der Waals surface area contributed by atoms with Crippen LogP contribution in [0.5, 0.6) is 0 Å². The molecule has 0 bridgehead atoms. The fraction of sp³-hybridized carbons (Fsp3) is 0.364. The summed E-state index contributed by atoms with van der Waals surface area (Å²) in [5.41, 5.74) is 1.70. The topological polar surface area (TPSA) is 101 Å². The minimum Gasteiger partial charge on any atom is -0.478 e. The molecule has 2 aromatic rings. The van der Waals surface area contributed by atoms with Gasteiger partial charge in [0, 0.05) is 21.7 Å². The van der Waals surface area contributed by atoms with Crippen LogP contribution in [0, 0.1) is 11.8 Å². The van der Waals surface area contributed by atoms with Gasteiger partial charge in [-0.1, -0.05) is 34.1 Å². The number of carbonyl (C=O) groups excluding carboxylic acids is 1. The molecule has 1 atom stereocenters. The van der Waals surface area contributed by atoms with Gasteiger partial charge in [0.05, 0.1) is 18.6 Å². The van der Waals surface area contributed by atoms with Crippen LogP contribution in [0.25, 0.3) is 0 Å². The first kappa shape index (κ1) is 21.7. The van der Waals surface area contributed by atoms with Crippen LogP contribution >= 0.6 is 27.3 Å². The number of rotatable bonds is 5. The lowest BCUT2D eigenvalue weighted by Crippen LogP contribution is -2.38. The highest BCUT2D eigenvalue weighted by molar-refractivity contribution is 9.10. The Morgan fingerprint density at radius 2 is 1.97 bits per heavy atom. The number of carboxylic acids is 1. The van der Waals surface area contributed by atoms with Crippen molar-refractivity contribution in [2.24, 2.45) is 16.8 Å². The summed E-state index contributed by atoms with van der Waals surface area (Å²) in [7, 11) is 1.40. The first-order chi connectivity index (χ1) is 15.0. The third kappa shape index (κ3) is 4.43. The summed E-state index contributed by atoms with van der Waals surface area (Å²) < 4.78 is 5.69. The normalized spacial score (nSPS) is 23.7. The maximum atomic E-state index is 12.4. The van der Waals surface area contributed by atoms with Crippen LogP contribution in [0.4, 0.5) is 0 Å². The average Bonchev–Trinajstić information content (AvgIpc) is 3.33. The number of aromatic nitrogens is 1. The first-order valence-corrected chi connectivity index (χ1v) is 11.7. The van der Waals surface area contributed by atoms with E-state index in [0.717, 1.165) is 10.0 Å². The second kappa shape index (κ2) is 9.32. The van der Waals surface area contributed by atoms with E-state index < -0.39 is 12.0 Å². The SMILES string of the molecule is COC(=O)C1CCC(C2=C(C(=O)O)C(c3ccccc3Br)N=C(c3nccs3)N2)CC1. The molecule has 7 nitrogen and oxygen atoms in total. The number of carboxylic acid groups (broad SMARTS) is 1. The van der Waals surface area contributed by atoms with Gasteiger partial charge in [0.25, 0.3) is 0 Å². The molecule has 4 rings (SSSR count). The fourth-order valence-electron chi connectivity index (χ4n) is 4.28. The monoisotopic (exact) mass is 503 g/mol. The Bertz CT molecular complexity index is 1040. The Kier molecular flexibility index (Phi) is 6.52. The Morgan fingerprint density at radius 3 is 2.58 bits per heavy atom. The number of hydrogen-bond acceptors (Lipinski definition) is 7. The van der Waals surface area contributed by atoms with Crippen molar-refractivity contribution in [1.29, 1.82) is 0 Å². The zero-order chi connectivity index (χ0) is 22.0. The summed E-state index contributed by atoms with van der Waals surface area (Å²) in [4.78, 5) is 33.5. The second-order valence-corrected chi connectivity index (χ2v) is 9.32. The predicted molar refractivity (Wildman–Crippen MR) is 121 cm³/mol. The number of aliphatic carboxylic acids is 1. The van der Waals surface area contributed by atoms with E-state index in [1.165, 1.54) is 18.4 Å². The average molecular weight is 504 g/mol. The molecule has 2 aliphatic rings. The molecule has 1 aliphatic carbocycles. The number of amidine groups is 1. The number of carbonyl (C=O) groups is 2. The van der Waals surface area contributed by atoms with Crippen LogP contribution in [0.2, 0.25) is 0 Å². The number of halogens is 1. The van der Waals surface area contributed by atoms with Gasteiger partial charge in [-0.25, -0.2) is 9.78 Å². The van der Waals surface area contributed by atoms with Gasteiger partial charge in [0.15, 0.2) is 10.8 Å². The Labute approximate surface area is 192 Å². The molecular formula is C22H22BrN3O4S. The molecule has 0 radical (unpaired) electrons. The van der Waals surface area contributed by atoms with Crippen molar-refractivity contribution in [3.05, 3.63) is 62.2 Å². The van der Waals surface area contributed by atoms with E-state index in [2.05, 4.69) is 26.2 Å². The van der Waals surface area contributed by atoms with Crippen molar-refractivity contribution in [3.8, 4) is 0 Å². The predicted octanol–water partition coefficient (Wildman–Crippen LogP) is 4.31. The standard InChI is InChI=1S/C22H22BrN3O4S/c1-30-22(29)13-8-6-12(7-9-13)17-16(21(27)28)18(14-4-2-3-5-15(14)23)26-19(25-17)20-24-10-11-31-20/h2-5,10-13,18H,6-9H2,1H3,(H,25,26)(H,27,28). The summed E-state index contributed by atoms with van der Waals surface area (Å²) >= 11 is 5.00. The van der Waals surface area contributed by atoms with Crippen LogP contribution in [0.15, 0.2) is 56.6 Å². The maximum absolute atomic E-state index is 12.4. The zero-order valence-electron chi connectivity index (χ0n) is 16.9. The number of thiazole rings is 1. The quantitative estimate of drug-likeness (QED) is 0.589. The van der Waals surface area contributed by atoms with Crippen molar-refractivity contribution in [2.75, 3.05) is 7.11 Å². The molecule has 1 aliphatic heterocycles. The van der Waals surface area contributed by atoms with Gasteiger partial charge in [0.1, 0.15) is 6.04 Å². The van der Waals surface area contributed by atoms with Gasteiger partial charge in [-0.2, -0.15) is 0 Å². The smallest absolute Gasteiger partial charge is 0.335 e. The van der Waals surface area contributed by atoms with Crippen molar-refractivity contribution in [3.63, 3.8) is 0 Å². The summed E-state index contributed by atoms with van der Waals surface area (Å²) in [6.07, 6.45) is 4.44. The molecule has 1 aromatic carbocycles. The highest BCUT2D eigenvalue weighted by Gasteiger charge is 2.37. The van der Waals surface area contributed by atoms with E-state index in [0.29, 0.717) is 42.2 Å². The summed E-state index contributed by atoms with van der Waals surface area (Å²) in [5, 5.41) is 16.1. The maximum Gasteiger partial charge on any atom is 0.335 e. The van der Waals surface area contributed by atoms with Gasteiger partial charge < -0.3 is 15.2 Å². The largest absolute Gasteiger partial charge is 0.478 e. The molecule has 0 spiro atoms. The highest BCUT2D eigenvalue weighted by atomic mass is 79.9. The number of hydrogen-bond donors (Lipinski definition) is 2. The molecular weight excluding hydrogens is 482 g/mol. The van der Waals surface area contributed by atoms with Crippen LogP contribution in [-0.2, 0) is 14.3 Å². The zero-order valence-corrected chi connectivity index (χ0v) is 19.3. The Balaban J connectivity index is 1.75. The van der Waals surface area contributed by atoms with E-state index in [-0.39, 0.29) is 23.4 Å². The van der Waals surface area contributed by atoms with Crippen molar-refractivity contribution < 1.29 is 19.4 Å². The van der Waals surface area contributed by atoms with Crippen LogP contribution < -0.4 is 5.32 Å². The van der Waals surface area contributed by atoms with E-state index in [9.17, 15) is 14.7 Å². The van der Waals surface area contributed by atoms with Gasteiger partial charge >= 0.3 is 11.9 Å². The third-order valence-corrected chi connectivity index (χ3v) is 7.31. The number of methoxy groups -OCH3 is 1.